The molecule has 0 aliphatic carbocycles. The number of hydrogen-bond acceptors (Lipinski definition) is 4. The van der Waals surface area contributed by atoms with Gasteiger partial charge in [0.05, 0.1) is 13.2 Å². The summed E-state index contributed by atoms with van der Waals surface area (Å²) in [6.45, 7) is 9.32. The van der Waals surface area contributed by atoms with Crippen LogP contribution < -0.4 is 14.8 Å². The van der Waals surface area contributed by atoms with Gasteiger partial charge in [0.15, 0.2) is 0 Å². The quantitative estimate of drug-likeness (QED) is 0.736. The fraction of sp³-hybridized carbons (Fsp3) is 0.381. The minimum atomic E-state index is -3.95. The maximum absolute atomic E-state index is 12.9. The molecule has 1 atom stereocenters. The van der Waals surface area contributed by atoms with Crippen molar-refractivity contribution in [2.45, 2.75) is 51.5 Å². The summed E-state index contributed by atoms with van der Waals surface area (Å²) >= 11 is 0. The van der Waals surface area contributed by atoms with E-state index in [0.29, 0.717) is 5.69 Å². The van der Waals surface area contributed by atoms with Gasteiger partial charge < -0.3 is 10.1 Å². The van der Waals surface area contributed by atoms with Crippen LogP contribution in [0, 0.1) is 13.8 Å². The number of nitrogens with one attached hydrogen (secondary N) is 2. The first-order valence-corrected chi connectivity index (χ1v) is 10.6. The summed E-state index contributed by atoms with van der Waals surface area (Å²) in [6, 6.07) is 9.73. The molecule has 0 radical (unpaired) electrons. The summed E-state index contributed by atoms with van der Waals surface area (Å²) in [5, 5.41) is 2.77. The van der Waals surface area contributed by atoms with Gasteiger partial charge >= 0.3 is 0 Å². The van der Waals surface area contributed by atoms with Crippen molar-refractivity contribution in [1.82, 2.24) is 4.72 Å². The Hall–Kier alpha value is -2.38. The van der Waals surface area contributed by atoms with Crippen LogP contribution in [0.2, 0.25) is 0 Å². The summed E-state index contributed by atoms with van der Waals surface area (Å²) < 4.78 is 33.4. The molecule has 2 rings (SSSR count). The van der Waals surface area contributed by atoms with E-state index in [4.69, 9.17) is 4.74 Å². The molecule has 0 aliphatic heterocycles. The van der Waals surface area contributed by atoms with Gasteiger partial charge in [-0.25, -0.2) is 8.42 Å². The molecule has 0 fully saturated rings. The van der Waals surface area contributed by atoms with Gasteiger partial charge in [0.25, 0.3) is 0 Å². The van der Waals surface area contributed by atoms with E-state index in [2.05, 4.69) is 10.0 Å². The van der Waals surface area contributed by atoms with Gasteiger partial charge in [-0.05, 0) is 56.0 Å². The Balaban J connectivity index is 2.23. The van der Waals surface area contributed by atoms with Gasteiger partial charge in [0.2, 0.25) is 15.9 Å². The van der Waals surface area contributed by atoms with E-state index < -0.39 is 22.0 Å². The average molecular weight is 405 g/mol. The number of carbonyl (C=O) groups excluding carboxylic acids is 1. The van der Waals surface area contributed by atoms with E-state index in [1.807, 2.05) is 45.9 Å². The highest BCUT2D eigenvalue weighted by atomic mass is 32.2. The summed E-state index contributed by atoms with van der Waals surface area (Å²) in [6.07, 6.45) is 0. The number of hydrogen-bond donors (Lipinski definition) is 2. The molecule has 152 valence electrons. The van der Waals surface area contributed by atoms with E-state index in [1.165, 1.54) is 14.0 Å². The van der Waals surface area contributed by atoms with Gasteiger partial charge in [-0.1, -0.05) is 37.6 Å². The highest BCUT2D eigenvalue weighted by molar-refractivity contribution is 7.89. The summed E-state index contributed by atoms with van der Waals surface area (Å²) in [4.78, 5) is 12.5. The van der Waals surface area contributed by atoms with Gasteiger partial charge in [-0.15, -0.1) is 0 Å². The second-order valence-electron chi connectivity index (χ2n) is 7.22. The topological polar surface area (TPSA) is 84.5 Å². The zero-order valence-electron chi connectivity index (χ0n) is 17.2. The molecule has 28 heavy (non-hydrogen) atoms. The van der Waals surface area contributed by atoms with Crippen LogP contribution >= 0.6 is 0 Å². The van der Waals surface area contributed by atoms with Crippen molar-refractivity contribution in [2.75, 3.05) is 12.4 Å². The van der Waals surface area contributed by atoms with E-state index >= 15 is 0 Å². The lowest BCUT2D eigenvalue weighted by atomic mass is 10.0. The third-order valence-electron chi connectivity index (χ3n) is 4.51. The predicted octanol–water partition coefficient (Wildman–Crippen LogP) is 3.74. The van der Waals surface area contributed by atoms with Crippen molar-refractivity contribution >= 4 is 21.6 Å². The van der Waals surface area contributed by atoms with Crippen LogP contribution in [0.5, 0.6) is 5.75 Å². The molecule has 0 spiro atoms. The smallest absolute Gasteiger partial charge is 0.244 e. The zero-order chi connectivity index (χ0) is 21.1. The Morgan fingerprint density at radius 1 is 1.04 bits per heavy atom. The number of benzene rings is 2. The second-order valence-corrected chi connectivity index (χ2v) is 8.90. The molecule has 0 bridgehead atoms. The fourth-order valence-corrected chi connectivity index (χ4v) is 4.21. The largest absolute Gasteiger partial charge is 0.495 e. The van der Waals surface area contributed by atoms with E-state index in [0.717, 1.165) is 16.7 Å². The van der Waals surface area contributed by atoms with Crippen molar-refractivity contribution in [3.63, 3.8) is 0 Å². The van der Waals surface area contributed by atoms with Crippen LogP contribution in [0.15, 0.2) is 41.3 Å². The molecule has 0 saturated heterocycles. The second kappa shape index (κ2) is 8.75. The molecule has 2 aromatic rings. The van der Waals surface area contributed by atoms with E-state index in [-0.39, 0.29) is 16.6 Å². The maximum atomic E-state index is 12.9. The Labute approximate surface area is 167 Å². The number of amides is 1. The molecule has 0 aliphatic rings. The molecule has 1 amide bonds. The number of sulfonamides is 1. The third-order valence-corrected chi connectivity index (χ3v) is 6.07. The van der Waals surface area contributed by atoms with E-state index in [1.54, 1.807) is 18.2 Å². The van der Waals surface area contributed by atoms with Crippen LogP contribution in [0.3, 0.4) is 0 Å². The first-order valence-electron chi connectivity index (χ1n) is 9.13. The Morgan fingerprint density at radius 2 is 1.71 bits per heavy atom. The van der Waals surface area contributed by atoms with Crippen LogP contribution in [-0.4, -0.2) is 27.5 Å². The lowest BCUT2D eigenvalue weighted by Crippen LogP contribution is -2.41. The molecule has 2 N–H and O–H groups in total. The Bertz CT molecular complexity index is 968. The number of ether oxygens (including phenoxy) is 1. The van der Waals surface area contributed by atoms with Crippen molar-refractivity contribution < 1.29 is 17.9 Å². The number of aryl methyl sites for hydroxylation is 2. The SMILES string of the molecule is COc1ccc(C(C)C)cc1S(=O)(=O)NC(C)C(=O)Nc1ccc(C)cc1C. The Kier molecular flexibility index (Phi) is 6.85. The summed E-state index contributed by atoms with van der Waals surface area (Å²) in [5.41, 5.74) is 3.52. The molecule has 6 nitrogen and oxygen atoms in total. The van der Waals surface area contributed by atoms with Crippen molar-refractivity contribution in [1.29, 1.82) is 0 Å². The maximum Gasteiger partial charge on any atom is 0.244 e. The van der Waals surface area contributed by atoms with Crippen molar-refractivity contribution in [2.24, 2.45) is 0 Å². The molecule has 0 saturated carbocycles. The standard InChI is InChI=1S/C21H28N2O4S/c1-13(2)17-8-10-19(27-6)20(12-17)28(25,26)23-16(5)21(24)22-18-9-7-14(3)11-15(18)4/h7-13,16,23H,1-6H3,(H,22,24). The van der Waals surface area contributed by atoms with Crippen LogP contribution in [0.25, 0.3) is 0 Å². The van der Waals surface area contributed by atoms with Crippen LogP contribution in [-0.2, 0) is 14.8 Å². The summed E-state index contributed by atoms with van der Waals surface area (Å²) in [7, 11) is -2.53. The first kappa shape index (κ1) is 21.9. The molecule has 1 unspecified atom stereocenters. The number of rotatable bonds is 7. The molecule has 7 heteroatoms. The normalized spacial score (nSPS) is 12.7. The zero-order valence-corrected chi connectivity index (χ0v) is 18.0. The van der Waals surface area contributed by atoms with Gasteiger partial charge in [0.1, 0.15) is 10.6 Å². The van der Waals surface area contributed by atoms with Crippen LogP contribution in [0.1, 0.15) is 43.4 Å². The van der Waals surface area contributed by atoms with Gasteiger partial charge in [0, 0.05) is 5.69 Å². The highest BCUT2D eigenvalue weighted by Gasteiger charge is 2.26. The van der Waals surface area contributed by atoms with Crippen molar-refractivity contribution in [3.8, 4) is 5.75 Å². The summed E-state index contributed by atoms with van der Waals surface area (Å²) in [5.74, 6) is -0.0431. The first-order chi connectivity index (χ1) is 13.0. The van der Waals surface area contributed by atoms with Crippen molar-refractivity contribution in [3.05, 3.63) is 53.1 Å². The number of methoxy groups -OCH3 is 1. The monoisotopic (exact) mass is 404 g/mol. The lowest BCUT2D eigenvalue weighted by molar-refractivity contribution is -0.117. The molecule has 0 aromatic heterocycles. The minimum Gasteiger partial charge on any atom is -0.495 e. The highest BCUT2D eigenvalue weighted by Crippen LogP contribution is 2.28. The molecular formula is C21H28N2O4S. The number of anilines is 1. The average Bonchev–Trinajstić information content (AvgIpc) is 2.62. The lowest BCUT2D eigenvalue weighted by Gasteiger charge is -2.18. The number of carbonyl (C=O) groups is 1. The minimum absolute atomic E-state index is 0.0207. The van der Waals surface area contributed by atoms with E-state index in [9.17, 15) is 13.2 Å². The molecular weight excluding hydrogens is 376 g/mol. The Morgan fingerprint density at radius 3 is 2.29 bits per heavy atom. The van der Waals surface area contributed by atoms with Crippen LogP contribution in [0.4, 0.5) is 5.69 Å². The van der Waals surface area contributed by atoms with Gasteiger partial charge in [-0.3, -0.25) is 4.79 Å². The molecule has 2 aromatic carbocycles. The molecule has 0 heterocycles. The predicted molar refractivity (Wildman–Crippen MR) is 111 cm³/mol. The van der Waals surface area contributed by atoms with Gasteiger partial charge in [-0.2, -0.15) is 4.72 Å². The fourth-order valence-electron chi connectivity index (χ4n) is 2.81. The third kappa shape index (κ3) is 5.11.